The maximum atomic E-state index is 13.1. The summed E-state index contributed by atoms with van der Waals surface area (Å²) in [5, 5.41) is 10.4. The van der Waals surface area contributed by atoms with Crippen LogP contribution in [0, 0.1) is 11.6 Å². The SMILES string of the molecule is CC1CCC([C@](C)(O)c2ccc(F)c(F)c2)O1. The standard InChI is InChI=1S/C13H16F2O2/c1-8-3-6-12(17-8)13(2,16)9-4-5-10(14)11(15)7-9/h4-5,7-8,12,16H,3,6H2,1-2H3/t8?,12?,13-/m1/s1. The van der Waals surface area contributed by atoms with Gasteiger partial charge in [0.05, 0.1) is 12.2 Å². The fourth-order valence-corrected chi connectivity index (χ4v) is 2.21. The van der Waals surface area contributed by atoms with Gasteiger partial charge in [-0.2, -0.15) is 0 Å². The van der Waals surface area contributed by atoms with E-state index in [4.69, 9.17) is 4.74 Å². The van der Waals surface area contributed by atoms with Gasteiger partial charge in [-0.05, 0) is 44.4 Å². The Morgan fingerprint density at radius 3 is 2.53 bits per heavy atom. The molecule has 0 aromatic heterocycles. The van der Waals surface area contributed by atoms with Crippen LogP contribution in [0.25, 0.3) is 0 Å². The summed E-state index contributed by atoms with van der Waals surface area (Å²) < 4.78 is 31.6. The average Bonchev–Trinajstić information content (AvgIpc) is 2.69. The molecule has 1 aromatic rings. The van der Waals surface area contributed by atoms with E-state index in [0.717, 1.165) is 18.6 Å². The van der Waals surface area contributed by atoms with Gasteiger partial charge in [-0.25, -0.2) is 8.78 Å². The smallest absolute Gasteiger partial charge is 0.159 e. The number of benzene rings is 1. The normalized spacial score (nSPS) is 28.1. The Hall–Kier alpha value is -1.00. The van der Waals surface area contributed by atoms with Crippen molar-refractivity contribution in [2.24, 2.45) is 0 Å². The van der Waals surface area contributed by atoms with Crippen molar-refractivity contribution in [2.45, 2.75) is 44.5 Å². The number of rotatable bonds is 2. The maximum Gasteiger partial charge on any atom is 0.159 e. The molecule has 17 heavy (non-hydrogen) atoms. The van der Waals surface area contributed by atoms with E-state index in [0.29, 0.717) is 12.0 Å². The number of ether oxygens (including phenoxy) is 1. The van der Waals surface area contributed by atoms with Crippen molar-refractivity contribution >= 4 is 0 Å². The Morgan fingerprint density at radius 1 is 1.29 bits per heavy atom. The highest BCUT2D eigenvalue weighted by molar-refractivity contribution is 5.25. The summed E-state index contributed by atoms with van der Waals surface area (Å²) in [5.41, 5.74) is -0.949. The molecule has 0 aliphatic carbocycles. The quantitative estimate of drug-likeness (QED) is 0.864. The minimum absolute atomic E-state index is 0.0942. The summed E-state index contributed by atoms with van der Waals surface area (Å²) in [6.45, 7) is 3.50. The minimum Gasteiger partial charge on any atom is -0.383 e. The molecule has 1 aliphatic rings. The maximum absolute atomic E-state index is 13.1. The molecular weight excluding hydrogens is 226 g/mol. The van der Waals surface area contributed by atoms with Crippen molar-refractivity contribution in [3.8, 4) is 0 Å². The molecule has 3 atom stereocenters. The van der Waals surface area contributed by atoms with Crippen molar-refractivity contribution in [3.05, 3.63) is 35.4 Å². The third kappa shape index (κ3) is 2.33. The van der Waals surface area contributed by atoms with E-state index in [2.05, 4.69) is 0 Å². The molecule has 1 aromatic carbocycles. The second kappa shape index (κ2) is 4.35. The first-order valence-electron chi connectivity index (χ1n) is 5.74. The summed E-state index contributed by atoms with van der Waals surface area (Å²) in [7, 11) is 0. The Morgan fingerprint density at radius 2 is 2.00 bits per heavy atom. The van der Waals surface area contributed by atoms with E-state index in [9.17, 15) is 13.9 Å². The lowest BCUT2D eigenvalue weighted by Gasteiger charge is -2.30. The lowest BCUT2D eigenvalue weighted by molar-refractivity contribution is -0.0945. The zero-order valence-electron chi connectivity index (χ0n) is 9.91. The van der Waals surface area contributed by atoms with Crippen LogP contribution in [0.2, 0.25) is 0 Å². The van der Waals surface area contributed by atoms with E-state index < -0.39 is 17.2 Å². The second-order valence-corrected chi connectivity index (χ2v) is 4.79. The molecule has 0 radical (unpaired) electrons. The van der Waals surface area contributed by atoms with Gasteiger partial charge in [0.1, 0.15) is 5.60 Å². The second-order valence-electron chi connectivity index (χ2n) is 4.79. The molecule has 0 spiro atoms. The number of halogens is 2. The van der Waals surface area contributed by atoms with Crippen LogP contribution < -0.4 is 0 Å². The molecule has 0 saturated carbocycles. The Bertz CT molecular complexity index is 418. The van der Waals surface area contributed by atoms with Crippen LogP contribution in [-0.4, -0.2) is 17.3 Å². The monoisotopic (exact) mass is 242 g/mol. The molecule has 1 aliphatic heterocycles. The number of hydrogen-bond acceptors (Lipinski definition) is 2. The van der Waals surface area contributed by atoms with Gasteiger partial charge in [0, 0.05) is 0 Å². The molecule has 1 fully saturated rings. The van der Waals surface area contributed by atoms with E-state index in [1.807, 2.05) is 6.92 Å². The zero-order chi connectivity index (χ0) is 12.6. The topological polar surface area (TPSA) is 29.5 Å². The first-order valence-corrected chi connectivity index (χ1v) is 5.74. The summed E-state index contributed by atoms with van der Waals surface area (Å²) in [5.74, 6) is -1.86. The lowest BCUT2D eigenvalue weighted by Crippen LogP contribution is -2.36. The Labute approximate surface area is 99.2 Å². The summed E-state index contributed by atoms with van der Waals surface area (Å²) >= 11 is 0. The van der Waals surface area contributed by atoms with Crippen molar-refractivity contribution in [1.29, 1.82) is 0 Å². The molecule has 1 N–H and O–H groups in total. The van der Waals surface area contributed by atoms with E-state index >= 15 is 0 Å². The molecule has 2 nitrogen and oxygen atoms in total. The van der Waals surface area contributed by atoms with Crippen LogP contribution in [0.3, 0.4) is 0 Å². The third-order valence-corrected chi connectivity index (χ3v) is 3.36. The largest absolute Gasteiger partial charge is 0.383 e. The van der Waals surface area contributed by atoms with E-state index in [-0.39, 0.29) is 12.2 Å². The molecule has 2 rings (SSSR count). The van der Waals surface area contributed by atoms with Crippen LogP contribution in [0.4, 0.5) is 8.78 Å². The van der Waals surface area contributed by atoms with Crippen molar-refractivity contribution in [3.63, 3.8) is 0 Å². The van der Waals surface area contributed by atoms with Crippen LogP contribution in [-0.2, 0) is 10.3 Å². The first kappa shape index (κ1) is 12.5. The van der Waals surface area contributed by atoms with Gasteiger partial charge < -0.3 is 9.84 Å². The Balaban J connectivity index is 2.27. The molecule has 94 valence electrons. The summed E-state index contributed by atoms with van der Waals surface area (Å²) in [6.07, 6.45) is 1.30. The number of aliphatic hydroxyl groups is 1. The van der Waals surface area contributed by atoms with Crippen molar-refractivity contribution in [1.82, 2.24) is 0 Å². The van der Waals surface area contributed by atoms with Crippen LogP contribution in [0.5, 0.6) is 0 Å². The highest BCUT2D eigenvalue weighted by atomic mass is 19.2. The highest BCUT2D eigenvalue weighted by Gasteiger charge is 2.39. The van der Waals surface area contributed by atoms with Gasteiger partial charge in [-0.3, -0.25) is 0 Å². The van der Waals surface area contributed by atoms with E-state index in [1.165, 1.54) is 6.07 Å². The zero-order valence-corrected chi connectivity index (χ0v) is 9.91. The van der Waals surface area contributed by atoms with Gasteiger partial charge in [-0.1, -0.05) is 6.07 Å². The van der Waals surface area contributed by atoms with Crippen molar-refractivity contribution in [2.75, 3.05) is 0 Å². The van der Waals surface area contributed by atoms with Gasteiger partial charge in [0.15, 0.2) is 11.6 Å². The van der Waals surface area contributed by atoms with Gasteiger partial charge in [0.2, 0.25) is 0 Å². The molecular formula is C13H16F2O2. The number of hydrogen-bond donors (Lipinski definition) is 1. The molecule has 2 unspecified atom stereocenters. The molecule has 0 amide bonds. The molecule has 1 heterocycles. The Kier molecular flexibility index (Phi) is 3.19. The third-order valence-electron chi connectivity index (χ3n) is 3.36. The minimum atomic E-state index is -1.29. The fraction of sp³-hybridized carbons (Fsp3) is 0.538. The first-order chi connectivity index (χ1) is 7.91. The predicted molar refractivity (Wildman–Crippen MR) is 59.5 cm³/mol. The van der Waals surface area contributed by atoms with Crippen LogP contribution in [0.15, 0.2) is 18.2 Å². The molecule has 4 heteroatoms. The summed E-state index contributed by atoms with van der Waals surface area (Å²) in [6, 6.07) is 3.45. The predicted octanol–water partition coefficient (Wildman–Crippen LogP) is 2.74. The van der Waals surface area contributed by atoms with Crippen LogP contribution >= 0.6 is 0 Å². The summed E-state index contributed by atoms with van der Waals surface area (Å²) in [4.78, 5) is 0. The van der Waals surface area contributed by atoms with Gasteiger partial charge in [0.25, 0.3) is 0 Å². The molecule has 0 bridgehead atoms. The average molecular weight is 242 g/mol. The molecule has 1 saturated heterocycles. The van der Waals surface area contributed by atoms with E-state index in [1.54, 1.807) is 6.92 Å². The highest BCUT2D eigenvalue weighted by Crippen LogP contribution is 2.35. The van der Waals surface area contributed by atoms with Crippen molar-refractivity contribution < 1.29 is 18.6 Å². The van der Waals surface area contributed by atoms with Crippen LogP contribution in [0.1, 0.15) is 32.3 Å². The van der Waals surface area contributed by atoms with Gasteiger partial charge >= 0.3 is 0 Å². The fourth-order valence-electron chi connectivity index (χ4n) is 2.21. The van der Waals surface area contributed by atoms with Gasteiger partial charge in [-0.15, -0.1) is 0 Å². The lowest BCUT2D eigenvalue weighted by atomic mass is 9.88.